The largest absolute Gasteiger partial charge is 0.416 e. The predicted molar refractivity (Wildman–Crippen MR) is 153 cm³/mol. The van der Waals surface area contributed by atoms with Crippen molar-refractivity contribution in [3.63, 3.8) is 0 Å². The van der Waals surface area contributed by atoms with Crippen LogP contribution in [0.4, 0.5) is 11.4 Å². The van der Waals surface area contributed by atoms with Gasteiger partial charge >= 0.3 is 15.0 Å². The van der Waals surface area contributed by atoms with Crippen LogP contribution < -0.4 is 21.6 Å². The molecule has 4 rings (SSSR count). The Morgan fingerprint density at radius 2 is 1.22 bits per heavy atom. The third-order valence-corrected chi connectivity index (χ3v) is 5.63. The monoisotopic (exact) mass is 490 g/mol. The molecule has 0 fully saturated rings. The first-order valence-corrected chi connectivity index (χ1v) is 12.5. The lowest BCUT2D eigenvalue weighted by Crippen LogP contribution is -2.29. The molecule has 186 valence electrons. The maximum atomic E-state index is 6.05. The third kappa shape index (κ3) is 9.14. The Morgan fingerprint density at radius 1 is 0.622 bits per heavy atom. The fourth-order valence-electron chi connectivity index (χ4n) is 3.78. The van der Waals surface area contributed by atoms with Gasteiger partial charge in [-0.2, -0.15) is 0 Å². The molecule has 0 aromatic heterocycles. The summed E-state index contributed by atoms with van der Waals surface area (Å²) >= 11 is 0. The molecule has 5 nitrogen and oxygen atoms in total. The first kappa shape index (κ1) is 26.6. The van der Waals surface area contributed by atoms with Gasteiger partial charge in [0.1, 0.15) is 12.5 Å². The van der Waals surface area contributed by atoms with E-state index in [4.69, 9.17) is 14.0 Å². The van der Waals surface area contributed by atoms with Gasteiger partial charge in [0.05, 0.1) is 13.2 Å². The summed E-state index contributed by atoms with van der Waals surface area (Å²) in [6, 6.07) is 36.3. The molecule has 0 aliphatic rings. The zero-order valence-electron chi connectivity index (χ0n) is 21.3. The van der Waals surface area contributed by atoms with Crippen LogP contribution in [-0.2, 0) is 27.3 Å². The molecule has 0 heterocycles. The van der Waals surface area contributed by atoms with Gasteiger partial charge in [0.2, 0.25) is 0 Å². The number of para-hydroxylation sites is 2. The van der Waals surface area contributed by atoms with Gasteiger partial charge in [-0.05, 0) is 54.7 Å². The topological polar surface area (TPSA) is 51.8 Å². The summed E-state index contributed by atoms with van der Waals surface area (Å²) in [5.41, 5.74) is 6.19. The molecule has 7 heteroatoms. The van der Waals surface area contributed by atoms with Crippen LogP contribution >= 0.6 is 0 Å². The molecule has 4 aromatic rings. The Morgan fingerprint density at radius 3 is 1.89 bits per heavy atom. The fraction of sp³-hybridized carbons (Fsp3) is 0.200. The van der Waals surface area contributed by atoms with Gasteiger partial charge in [-0.25, -0.2) is 0 Å². The molecule has 0 saturated heterocycles. The molecule has 37 heavy (non-hydrogen) atoms. The van der Waals surface area contributed by atoms with Crippen LogP contribution in [0.1, 0.15) is 25.0 Å². The molecule has 0 amide bonds. The highest BCUT2D eigenvalue weighted by atomic mass is 16.5. The van der Waals surface area contributed by atoms with Crippen molar-refractivity contribution in [2.45, 2.75) is 39.5 Å². The van der Waals surface area contributed by atoms with Gasteiger partial charge in [-0.15, -0.1) is 0 Å². The Labute approximate surface area is 221 Å². The van der Waals surface area contributed by atoms with Crippen molar-refractivity contribution in [1.29, 1.82) is 0 Å². The second-order valence-corrected chi connectivity index (χ2v) is 8.75. The van der Waals surface area contributed by atoms with Gasteiger partial charge in [0, 0.05) is 11.4 Å². The Bertz CT molecular complexity index is 1210. The van der Waals surface area contributed by atoms with Gasteiger partial charge in [-0.1, -0.05) is 90.4 Å². The molecule has 0 bridgehead atoms. The summed E-state index contributed by atoms with van der Waals surface area (Å²) in [5, 5.41) is 6.65. The van der Waals surface area contributed by atoms with Gasteiger partial charge in [-0.3, -0.25) is 0 Å². The van der Waals surface area contributed by atoms with Crippen LogP contribution in [0, 0.1) is 0 Å². The molecule has 2 radical (unpaired) electrons. The van der Waals surface area contributed by atoms with Crippen LogP contribution in [0.2, 0.25) is 0 Å². The average molecular weight is 490 g/mol. The second kappa shape index (κ2) is 14.3. The van der Waals surface area contributed by atoms with E-state index < -0.39 is 0 Å². The summed E-state index contributed by atoms with van der Waals surface area (Å²) in [6.45, 7) is 4.95. The first-order valence-electron chi connectivity index (χ1n) is 12.5. The normalized spacial score (nSPS) is 12.4. The SMILES string of the molecule is CC(Nc1ccccc1)O[B]c1cccc(COCc2ccccc2[B]OC(C)Nc2ccccc2)c1. The zero-order valence-corrected chi connectivity index (χ0v) is 21.3. The Balaban J connectivity index is 1.22. The van der Waals surface area contributed by atoms with Crippen molar-refractivity contribution in [3.05, 3.63) is 120 Å². The molecule has 0 aliphatic carbocycles. The van der Waals surface area contributed by atoms with E-state index in [1.165, 1.54) is 0 Å². The number of hydrogen-bond donors (Lipinski definition) is 2. The van der Waals surface area contributed by atoms with E-state index in [9.17, 15) is 0 Å². The lowest BCUT2D eigenvalue weighted by Gasteiger charge is -2.17. The quantitative estimate of drug-likeness (QED) is 0.196. The van der Waals surface area contributed by atoms with E-state index in [1.807, 2.05) is 105 Å². The third-order valence-electron chi connectivity index (χ3n) is 5.63. The summed E-state index contributed by atoms with van der Waals surface area (Å²) < 4.78 is 17.8. The van der Waals surface area contributed by atoms with Crippen molar-refractivity contribution in [3.8, 4) is 0 Å². The average Bonchev–Trinajstić information content (AvgIpc) is 2.93. The molecule has 0 saturated carbocycles. The number of rotatable bonds is 14. The number of anilines is 2. The van der Waals surface area contributed by atoms with Crippen LogP contribution in [0.25, 0.3) is 0 Å². The second-order valence-electron chi connectivity index (χ2n) is 8.75. The van der Waals surface area contributed by atoms with Crippen molar-refractivity contribution in [1.82, 2.24) is 0 Å². The van der Waals surface area contributed by atoms with E-state index in [0.717, 1.165) is 33.4 Å². The first-order chi connectivity index (χ1) is 18.2. The molecule has 0 aliphatic heterocycles. The summed E-state index contributed by atoms with van der Waals surface area (Å²) in [6.07, 6.45) is -0.314. The number of hydrogen-bond acceptors (Lipinski definition) is 5. The van der Waals surface area contributed by atoms with Gasteiger partial charge in [0.15, 0.2) is 0 Å². The van der Waals surface area contributed by atoms with Crippen LogP contribution in [0.3, 0.4) is 0 Å². The highest BCUT2D eigenvalue weighted by molar-refractivity contribution is 6.47. The maximum absolute atomic E-state index is 6.05. The minimum atomic E-state index is -0.164. The molecule has 4 aromatic carbocycles. The molecule has 2 N–H and O–H groups in total. The Kier molecular flexibility index (Phi) is 10.3. The van der Waals surface area contributed by atoms with E-state index in [1.54, 1.807) is 15.0 Å². The highest BCUT2D eigenvalue weighted by Crippen LogP contribution is 2.09. The minimum Gasteiger partial charge on any atom is -0.416 e. The van der Waals surface area contributed by atoms with Crippen LogP contribution in [-0.4, -0.2) is 27.4 Å². The standard InChI is InChI=1S/C30H32B2N2O3/c1-23(33-28-15-5-3-6-16-28)36-31-27-14-11-12-25(20-27)21-35-22-26-13-9-10-19-30(26)32-37-24(2)34-29-17-7-4-8-18-29/h3-20,23-24,33-34H,21-22H2,1-2H3. The summed E-state index contributed by atoms with van der Waals surface area (Å²) in [5.74, 6) is 0. The highest BCUT2D eigenvalue weighted by Gasteiger charge is 2.09. The molecule has 2 unspecified atom stereocenters. The molecule has 0 spiro atoms. The smallest absolute Gasteiger partial charge is 0.333 e. The summed E-state index contributed by atoms with van der Waals surface area (Å²) in [4.78, 5) is 0. The summed E-state index contributed by atoms with van der Waals surface area (Å²) in [7, 11) is 3.56. The lowest BCUT2D eigenvalue weighted by atomic mass is 9.84. The zero-order chi connectivity index (χ0) is 25.7. The lowest BCUT2D eigenvalue weighted by molar-refractivity contribution is 0.107. The predicted octanol–water partition coefficient (Wildman–Crippen LogP) is 4.84. The molecule has 2 atom stereocenters. The van der Waals surface area contributed by atoms with Crippen molar-refractivity contribution in [2.24, 2.45) is 0 Å². The Hall–Kier alpha value is -3.51. The molecular weight excluding hydrogens is 458 g/mol. The van der Waals surface area contributed by atoms with Gasteiger partial charge < -0.3 is 24.7 Å². The van der Waals surface area contributed by atoms with E-state index in [-0.39, 0.29) is 12.5 Å². The van der Waals surface area contributed by atoms with Crippen molar-refractivity contribution >= 4 is 37.3 Å². The minimum absolute atomic E-state index is 0.150. The van der Waals surface area contributed by atoms with Crippen LogP contribution in [0.5, 0.6) is 0 Å². The van der Waals surface area contributed by atoms with Crippen molar-refractivity contribution in [2.75, 3.05) is 10.6 Å². The van der Waals surface area contributed by atoms with E-state index in [2.05, 4.69) is 28.8 Å². The number of ether oxygens (including phenoxy) is 1. The maximum Gasteiger partial charge on any atom is 0.333 e. The number of benzene rings is 4. The fourth-order valence-corrected chi connectivity index (χ4v) is 3.78. The van der Waals surface area contributed by atoms with Crippen molar-refractivity contribution < 1.29 is 14.0 Å². The van der Waals surface area contributed by atoms with Gasteiger partial charge in [0.25, 0.3) is 0 Å². The van der Waals surface area contributed by atoms with E-state index in [0.29, 0.717) is 13.2 Å². The molecular formula is C30H32B2N2O3. The number of nitrogens with one attached hydrogen (secondary N) is 2. The van der Waals surface area contributed by atoms with Crippen LogP contribution in [0.15, 0.2) is 109 Å². The van der Waals surface area contributed by atoms with E-state index >= 15 is 0 Å².